The Labute approximate surface area is 359 Å². The van der Waals surface area contributed by atoms with Crippen molar-refractivity contribution in [1.82, 2.24) is 31.5 Å². The minimum Gasteiger partial charge on any atom is -0.459 e. The zero-order valence-electron chi connectivity index (χ0n) is 36.3. The standard InChI is InChI=1S/C41H68N6O14/c1-31(2)34(48)56-25-28-59-39(53)44-21-15-9-7-13-19-42-37(51)47(24-18-12-11-17-23-46-41(55)61-30-27-58-36(50)33(5)6)38(52)43-20-14-8-10-16-22-45-40(54)60-29-26-57-35(49)32(3)4/h1,3,5,7-30H2,2,4,6H3,(H,42,51)(H,43,52)(H,44,53)(H,45,54)(H,46,55). The lowest BCUT2D eigenvalue weighted by atomic mass is 10.2. The molecule has 0 aliphatic heterocycles. The van der Waals surface area contributed by atoms with E-state index in [0.29, 0.717) is 77.7 Å². The van der Waals surface area contributed by atoms with E-state index in [1.54, 1.807) is 0 Å². The molecule has 0 saturated heterocycles. The molecule has 0 spiro atoms. The van der Waals surface area contributed by atoms with Crippen molar-refractivity contribution in [3.05, 3.63) is 36.5 Å². The largest absolute Gasteiger partial charge is 0.459 e. The molecule has 7 amide bonds. The topological polar surface area (TPSA) is 255 Å². The van der Waals surface area contributed by atoms with E-state index in [0.717, 1.165) is 37.0 Å². The van der Waals surface area contributed by atoms with Crippen LogP contribution in [0.1, 0.15) is 97.8 Å². The van der Waals surface area contributed by atoms with E-state index in [-0.39, 0.29) is 62.9 Å². The average molecular weight is 869 g/mol. The summed E-state index contributed by atoms with van der Waals surface area (Å²) in [6, 6.07) is -1.03. The zero-order valence-corrected chi connectivity index (χ0v) is 36.3. The fourth-order valence-electron chi connectivity index (χ4n) is 4.73. The second kappa shape index (κ2) is 36.1. The Morgan fingerprint density at radius 2 is 0.607 bits per heavy atom. The number of carbonyl (C=O) groups is 8. The summed E-state index contributed by atoms with van der Waals surface area (Å²) in [5.41, 5.74) is 0.763. The van der Waals surface area contributed by atoms with Gasteiger partial charge in [0.15, 0.2) is 0 Å². The van der Waals surface area contributed by atoms with Crippen LogP contribution in [0.15, 0.2) is 36.5 Å². The van der Waals surface area contributed by atoms with Gasteiger partial charge in [0.1, 0.15) is 39.6 Å². The number of urea groups is 2. The first-order chi connectivity index (χ1) is 29.1. The van der Waals surface area contributed by atoms with E-state index in [1.165, 1.54) is 20.8 Å². The van der Waals surface area contributed by atoms with Gasteiger partial charge in [-0.1, -0.05) is 58.3 Å². The number of esters is 3. The third-order valence-corrected chi connectivity index (χ3v) is 8.06. The quantitative estimate of drug-likeness (QED) is 0.0254. The van der Waals surface area contributed by atoms with Crippen molar-refractivity contribution in [2.24, 2.45) is 0 Å². The van der Waals surface area contributed by atoms with Crippen molar-refractivity contribution in [3.8, 4) is 0 Å². The second-order valence-corrected chi connectivity index (χ2v) is 13.8. The van der Waals surface area contributed by atoms with E-state index < -0.39 is 48.2 Å². The number of unbranched alkanes of at least 4 members (excludes halogenated alkanes) is 9. The molecule has 0 unspecified atom stereocenters. The molecule has 346 valence electrons. The average Bonchev–Trinajstić information content (AvgIpc) is 3.21. The molecule has 0 aliphatic carbocycles. The van der Waals surface area contributed by atoms with Gasteiger partial charge in [-0.05, 0) is 59.3 Å². The third kappa shape index (κ3) is 32.7. The van der Waals surface area contributed by atoms with Crippen molar-refractivity contribution in [1.29, 1.82) is 0 Å². The SMILES string of the molecule is C=C(C)C(=O)OCCOC(=O)NCCCCCCNC(=O)N(CCCCCCNC(=O)OCCOC(=O)C(=C)C)C(=O)NCCCCCCNC(=O)OCCOC(=O)C(=C)C. The molecule has 0 aliphatic rings. The number of amides is 7. The highest BCUT2D eigenvalue weighted by Gasteiger charge is 2.20. The molecule has 0 atom stereocenters. The summed E-state index contributed by atoms with van der Waals surface area (Å²) in [6.45, 7) is 16.6. The fraction of sp³-hybridized carbons (Fsp3) is 0.659. The lowest BCUT2D eigenvalue weighted by molar-refractivity contribution is -0.140. The third-order valence-electron chi connectivity index (χ3n) is 8.06. The molecule has 0 bridgehead atoms. The minimum atomic E-state index is -0.631. The number of alkyl carbamates (subject to hydrolysis) is 3. The molecule has 0 aromatic rings. The van der Waals surface area contributed by atoms with Crippen LogP contribution in [-0.2, 0) is 42.8 Å². The van der Waals surface area contributed by atoms with Crippen molar-refractivity contribution < 1.29 is 66.8 Å². The van der Waals surface area contributed by atoms with Gasteiger partial charge in [0.25, 0.3) is 0 Å². The van der Waals surface area contributed by atoms with Crippen LogP contribution >= 0.6 is 0 Å². The Morgan fingerprint density at radius 1 is 0.361 bits per heavy atom. The van der Waals surface area contributed by atoms with E-state index in [2.05, 4.69) is 46.3 Å². The van der Waals surface area contributed by atoms with Crippen LogP contribution < -0.4 is 26.6 Å². The Kier molecular flexibility index (Phi) is 32.6. The highest BCUT2D eigenvalue weighted by Crippen LogP contribution is 2.05. The van der Waals surface area contributed by atoms with Gasteiger partial charge in [0, 0.05) is 56.0 Å². The summed E-state index contributed by atoms with van der Waals surface area (Å²) in [7, 11) is 0. The van der Waals surface area contributed by atoms with Crippen molar-refractivity contribution in [2.45, 2.75) is 97.8 Å². The summed E-state index contributed by atoms with van der Waals surface area (Å²) in [4.78, 5) is 96.7. The number of rotatable bonds is 33. The normalized spacial score (nSPS) is 10.2. The van der Waals surface area contributed by atoms with Gasteiger partial charge < -0.3 is 55.0 Å². The number of hydrogen-bond acceptors (Lipinski definition) is 14. The lowest BCUT2D eigenvalue weighted by Crippen LogP contribution is -2.49. The van der Waals surface area contributed by atoms with Gasteiger partial charge in [-0.15, -0.1) is 0 Å². The lowest BCUT2D eigenvalue weighted by Gasteiger charge is -2.22. The first-order valence-electron chi connectivity index (χ1n) is 20.7. The Balaban J connectivity index is 4.53. The maximum atomic E-state index is 13.1. The Hall–Kier alpha value is -5.82. The van der Waals surface area contributed by atoms with Crippen LogP contribution in [0.5, 0.6) is 0 Å². The number of imide groups is 1. The van der Waals surface area contributed by atoms with E-state index in [9.17, 15) is 38.4 Å². The summed E-state index contributed by atoms with van der Waals surface area (Å²) in [6.07, 6.45) is 6.54. The molecule has 20 nitrogen and oxygen atoms in total. The highest BCUT2D eigenvalue weighted by molar-refractivity contribution is 5.93. The molecular weight excluding hydrogens is 800 g/mol. The van der Waals surface area contributed by atoms with Gasteiger partial charge in [-0.2, -0.15) is 0 Å². The monoisotopic (exact) mass is 868 g/mol. The Bertz CT molecular complexity index is 1350. The van der Waals surface area contributed by atoms with Gasteiger partial charge in [-0.3, -0.25) is 0 Å². The summed E-state index contributed by atoms with van der Waals surface area (Å²) >= 11 is 0. The molecule has 0 saturated carbocycles. The van der Waals surface area contributed by atoms with Gasteiger partial charge in [-0.25, -0.2) is 43.3 Å². The van der Waals surface area contributed by atoms with E-state index >= 15 is 0 Å². The summed E-state index contributed by atoms with van der Waals surface area (Å²) in [5, 5.41) is 13.5. The predicted molar refractivity (Wildman–Crippen MR) is 224 cm³/mol. The first-order valence-corrected chi connectivity index (χ1v) is 20.7. The molecule has 0 radical (unpaired) electrons. The maximum absolute atomic E-state index is 13.1. The second-order valence-electron chi connectivity index (χ2n) is 13.8. The molecule has 61 heavy (non-hydrogen) atoms. The molecular formula is C41H68N6O14. The molecule has 20 heteroatoms. The van der Waals surface area contributed by atoms with Crippen LogP contribution in [0.3, 0.4) is 0 Å². The van der Waals surface area contributed by atoms with Gasteiger partial charge >= 0.3 is 48.2 Å². The fourth-order valence-corrected chi connectivity index (χ4v) is 4.73. The maximum Gasteiger partial charge on any atom is 0.407 e. The number of ether oxygens (including phenoxy) is 6. The van der Waals surface area contributed by atoms with Crippen molar-refractivity contribution in [3.63, 3.8) is 0 Å². The van der Waals surface area contributed by atoms with E-state index in [1.807, 2.05) is 0 Å². The van der Waals surface area contributed by atoms with Crippen LogP contribution in [0, 0.1) is 0 Å². The molecule has 0 aromatic carbocycles. The summed E-state index contributed by atoms with van der Waals surface area (Å²) in [5.74, 6) is -1.67. The van der Waals surface area contributed by atoms with Crippen LogP contribution in [0.4, 0.5) is 24.0 Å². The molecule has 0 rings (SSSR count). The molecule has 0 fully saturated rings. The minimum absolute atomic E-state index is 0.0649. The number of carbonyl (C=O) groups excluding carboxylic acids is 8. The number of nitrogens with zero attached hydrogens (tertiary/aromatic N) is 1. The van der Waals surface area contributed by atoms with Crippen LogP contribution in [-0.4, -0.2) is 132 Å². The van der Waals surface area contributed by atoms with E-state index in [4.69, 9.17) is 28.4 Å². The smallest absolute Gasteiger partial charge is 0.407 e. The van der Waals surface area contributed by atoms with Crippen LogP contribution in [0.25, 0.3) is 0 Å². The van der Waals surface area contributed by atoms with Crippen molar-refractivity contribution >= 4 is 48.2 Å². The zero-order chi connectivity index (χ0) is 45.7. The van der Waals surface area contributed by atoms with Gasteiger partial charge in [0.05, 0.1) is 0 Å². The van der Waals surface area contributed by atoms with Gasteiger partial charge in [0.2, 0.25) is 0 Å². The first kappa shape index (κ1) is 55.2. The number of hydrogen-bond donors (Lipinski definition) is 5. The van der Waals surface area contributed by atoms with Crippen LogP contribution in [0.2, 0.25) is 0 Å². The molecule has 0 aromatic heterocycles. The van der Waals surface area contributed by atoms with Crippen molar-refractivity contribution in [2.75, 3.05) is 78.9 Å². The number of nitrogens with one attached hydrogen (secondary N) is 5. The predicted octanol–water partition coefficient (Wildman–Crippen LogP) is 4.93. The molecule has 5 N–H and O–H groups in total. The molecule has 0 heterocycles. The highest BCUT2D eigenvalue weighted by atomic mass is 16.6. The Morgan fingerprint density at radius 3 is 0.885 bits per heavy atom. The summed E-state index contributed by atoms with van der Waals surface area (Å²) < 4.78 is 29.4.